The Bertz CT molecular complexity index is 299. The van der Waals surface area contributed by atoms with Crippen LogP contribution >= 0.6 is 0 Å². The minimum atomic E-state index is 0.408. The molecule has 0 bridgehead atoms. The van der Waals surface area contributed by atoms with E-state index in [0.29, 0.717) is 18.1 Å². The first-order chi connectivity index (χ1) is 5.88. The lowest BCUT2D eigenvalue weighted by Crippen LogP contribution is -1.84. The van der Waals surface area contributed by atoms with Crippen molar-refractivity contribution < 1.29 is 9.59 Å². The van der Waals surface area contributed by atoms with Crippen LogP contribution in [0.1, 0.15) is 5.56 Å². The van der Waals surface area contributed by atoms with Crippen LogP contribution in [0.5, 0.6) is 0 Å². The Morgan fingerprint density at radius 3 is 2.25 bits per heavy atom. The second kappa shape index (κ2) is 4.23. The summed E-state index contributed by atoms with van der Waals surface area (Å²) in [7, 11) is 0. The van der Waals surface area contributed by atoms with Crippen molar-refractivity contribution in [3.63, 3.8) is 0 Å². The molecule has 0 atom stereocenters. The molecule has 2 heteroatoms. The molecule has 0 aliphatic rings. The Hall–Kier alpha value is -1.70. The van der Waals surface area contributed by atoms with Crippen LogP contribution < -0.4 is 0 Å². The molecule has 0 spiro atoms. The largest absolute Gasteiger partial charge is 0.299 e. The lowest BCUT2D eigenvalue weighted by molar-refractivity contribution is -0.105. The van der Waals surface area contributed by atoms with Crippen LogP contribution in [0.3, 0.4) is 0 Å². The normalized spacial score (nSPS) is 10.8. The van der Waals surface area contributed by atoms with Gasteiger partial charge in [-0.05, 0) is 11.6 Å². The fourth-order valence-electron chi connectivity index (χ4n) is 0.907. The topological polar surface area (TPSA) is 34.1 Å². The number of benzene rings is 1. The molecule has 2 nitrogen and oxygen atoms in total. The highest BCUT2D eigenvalue weighted by Gasteiger charge is 1.96. The SMILES string of the molecule is O=CC=C(C=O)c1ccccc1. The average molecular weight is 160 g/mol. The van der Waals surface area contributed by atoms with E-state index in [0.717, 1.165) is 5.56 Å². The lowest BCUT2D eigenvalue weighted by atomic mass is 10.1. The maximum Gasteiger partial charge on any atom is 0.150 e. The van der Waals surface area contributed by atoms with E-state index in [4.69, 9.17) is 0 Å². The van der Waals surface area contributed by atoms with E-state index in [1.54, 1.807) is 12.1 Å². The third-order valence-electron chi connectivity index (χ3n) is 1.48. The zero-order chi connectivity index (χ0) is 8.81. The summed E-state index contributed by atoms with van der Waals surface area (Å²) in [6, 6.07) is 9.05. The molecular formula is C10H8O2. The molecule has 0 saturated carbocycles. The number of carbonyl (C=O) groups excluding carboxylic acids is 2. The lowest BCUT2D eigenvalue weighted by Gasteiger charge is -1.95. The summed E-state index contributed by atoms with van der Waals surface area (Å²) >= 11 is 0. The van der Waals surface area contributed by atoms with Crippen LogP contribution in [0.2, 0.25) is 0 Å². The molecule has 0 aliphatic heterocycles. The smallest absolute Gasteiger partial charge is 0.150 e. The number of aldehydes is 2. The van der Waals surface area contributed by atoms with Crippen molar-refractivity contribution in [1.29, 1.82) is 0 Å². The molecule has 0 amide bonds. The van der Waals surface area contributed by atoms with Crippen molar-refractivity contribution in [2.75, 3.05) is 0 Å². The summed E-state index contributed by atoms with van der Waals surface area (Å²) in [5.41, 5.74) is 1.17. The van der Waals surface area contributed by atoms with Gasteiger partial charge in [-0.1, -0.05) is 30.3 Å². The van der Waals surface area contributed by atoms with Crippen molar-refractivity contribution in [3.8, 4) is 0 Å². The van der Waals surface area contributed by atoms with Crippen LogP contribution in [0.25, 0.3) is 5.57 Å². The van der Waals surface area contributed by atoms with Crippen LogP contribution in [0.15, 0.2) is 36.4 Å². The minimum absolute atomic E-state index is 0.408. The van der Waals surface area contributed by atoms with E-state index in [2.05, 4.69) is 0 Å². The Balaban J connectivity index is 3.03. The first-order valence-corrected chi connectivity index (χ1v) is 3.54. The minimum Gasteiger partial charge on any atom is -0.299 e. The molecule has 0 unspecified atom stereocenters. The predicted molar refractivity (Wildman–Crippen MR) is 46.5 cm³/mol. The van der Waals surface area contributed by atoms with Crippen molar-refractivity contribution in [2.24, 2.45) is 0 Å². The first kappa shape index (κ1) is 8.40. The van der Waals surface area contributed by atoms with Gasteiger partial charge in [0.05, 0.1) is 0 Å². The number of allylic oxidation sites excluding steroid dienone is 2. The highest BCUT2D eigenvalue weighted by Crippen LogP contribution is 2.09. The Morgan fingerprint density at radius 2 is 1.75 bits per heavy atom. The van der Waals surface area contributed by atoms with E-state index in [9.17, 15) is 9.59 Å². The second-order valence-electron chi connectivity index (χ2n) is 2.24. The fraction of sp³-hybridized carbons (Fsp3) is 0. The van der Waals surface area contributed by atoms with Crippen molar-refractivity contribution in [1.82, 2.24) is 0 Å². The van der Waals surface area contributed by atoms with E-state index in [1.165, 1.54) is 6.08 Å². The van der Waals surface area contributed by atoms with Gasteiger partial charge < -0.3 is 0 Å². The van der Waals surface area contributed by atoms with Gasteiger partial charge in [0, 0.05) is 5.57 Å². The van der Waals surface area contributed by atoms with Gasteiger partial charge in [-0.2, -0.15) is 0 Å². The van der Waals surface area contributed by atoms with Gasteiger partial charge >= 0.3 is 0 Å². The van der Waals surface area contributed by atoms with Crippen LogP contribution in [-0.4, -0.2) is 12.6 Å². The van der Waals surface area contributed by atoms with Crippen LogP contribution in [-0.2, 0) is 9.59 Å². The highest BCUT2D eigenvalue weighted by molar-refractivity contribution is 6.10. The maximum absolute atomic E-state index is 10.5. The maximum atomic E-state index is 10.5. The van der Waals surface area contributed by atoms with Gasteiger partial charge in [-0.3, -0.25) is 9.59 Å². The van der Waals surface area contributed by atoms with Gasteiger partial charge in [0.2, 0.25) is 0 Å². The zero-order valence-corrected chi connectivity index (χ0v) is 6.44. The van der Waals surface area contributed by atoms with Gasteiger partial charge in [0.1, 0.15) is 6.29 Å². The third-order valence-corrected chi connectivity index (χ3v) is 1.48. The molecule has 1 rings (SSSR count). The van der Waals surface area contributed by atoms with E-state index in [-0.39, 0.29) is 0 Å². The molecule has 0 aromatic heterocycles. The van der Waals surface area contributed by atoms with Crippen molar-refractivity contribution >= 4 is 18.1 Å². The Labute approximate surface area is 70.5 Å². The summed E-state index contributed by atoms with van der Waals surface area (Å²) < 4.78 is 0. The number of rotatable bonds is 3. The Morgan fingerprint density at radius 1 is 1.08 bits per heavy atom. The summed E-state index contributed by atoms with van der Waals surface area (Å²) in [4.78, 5) is 20.6. The van der Waals surface area contributed by atoms with E-state index >= 15 is 0 Å². The van der Waals surface area contributed by atoms with Gasteiger partial charge in [-0.15, -0.1) is 0 Å². The molecular weight excluding hydrogens is 152 g/mol. The van der Waals surface area contributed by atoms with Crippen molar-refractivity contribution in [3.05, 3.63) is 42.0 Å². The molecule has 1 aromatic carbocycles. The molecule has 0 N–H and O–H groups in total. The molecule has 1 aromatic rings. The van der Waals surface area contributed by atoms with E-state index < -0.39 is 0 Å². The second-order valence-corrected chi connectivity index (χ2v) is 2.24. The summed E-state index contributed by atoms with van der Waals surface area (Å²) in [6.07, 6.45) is 2.53. The third kappa shape index (κ3) is 1.89. The monoisotopic (exact) mass is 160 g/mol. The zero-order valence-electron chi connectivity index (χ0n) is 6.44. The predicted octanol–water partition coefficient (Wildman–Crippen LogP) is 1.47. The average Bonchev–Trinajstić information content (AvgIpc) is 2.15. The van der Waals surface area contributed by atoms with Gasteiger partial charge in [-0.25, -0.2) is 0 Å². The summed E-state index contributed by atoms with van der Waals surface area (Å²) in [5.74, 6) is 0. The molecule has 12 heavy (non-hydrogen) atoms. The standard InChI is InChI=1S/C10H8O2/c11-7-6-10(8-12)9-4-2-1-3-5-9/h1-8H. The van der Waals surface area contributed by atoms with Gasteiger partial charge in [0.15, 0.2) is 6.29 Å². The molecule has 60 valence electrons. The van der Waals surface area contributed by atoms with Crippen molar-refractivity contribution in [2.45, 2.75) is 0 Å². The number of hydrogen-bond acceptors (Lipinski definition) is 2. The number of carbonyl (C=O) groups is 2. The van der Waals surface area contributed by atoms with Crippen LogP contribution in [0.4, 0.5) is 0 Å². The van der Waals surface area contributed by atoms with Crippen LogP contribution in [0, 0.1) is 0 Å². The molecule has 0 radical (unpaired) electrons. The molecule has 0 aliphatic carbocycles. The highest BCUT2D eigenvalue weighted by atomic mass is 16.1. The Kier molecular flexibility index (Phi) is 2.96. The summed E-state index contributed by atoms with van der Waals surface area (Å²) in [5, 5.41) is 0. The molecule has 0 heterocycles. The first-order valence-electron chi connectivity index (χ1n) is 3.54. The molecule has 0 fully saturated rings. The quantitative estimate of drug-likeness (QED) is 0.495. The van der Waals surface area contributed by atoms with Gasteiger partial charge in [0.25, 0.3) is 0 Å². The summed E-state index contributed by atoms with van der Waals surface area (Å²) in [6.45, 7) is 0. The molecule has 0 saturated heterocycles. The van der Waals surface area contributed by atoms with E-state index in [1.807, 2.05) is 18.2 Å². The number of hydrogen-bond donors (Lipinski definition) is 0. The fourth-order valence-corrected chi connectivity index (χ4v) is 0.907.